The van der Waals surface area contributed by atoms with Gasteiger partial charge in [-0.2, -0.15) is 0 Å². The number of fused-ring (bicyclic) bond motifs is 6. The summed E-state index contributed by atoms with van der Waals surface area (Å²) in [5.41, 5.74) is 10.4. The standard InChI is InChI=1S/C39H34N6/c1-24(2)34-19-18-32-31-11-8-20-40-35(31)44(38(32)43-34)26-14-12-25(13-15-26)28-17-16-27(23-33(28)39(3,4)5)45-36-29(9-6-21-41-36)30-10-7-22-42-37(30)45/h6-24H,1-5H3. The summed E-state index contributed by atoms with van der Waals surface area (Å²) >= 11 is 0. The minimum Gasteiger partial charge on any atom is -0.278 e. The molecule has 6 nitrogen and oxygen atoms in total. The monoisotopic (exact) mass is 586 g/mol. The van der Waals surface area contributed by atoms with Gasteiger partial charge in [-0.1, -0.05) is 52.8 Å². The highest BCUT2D eigenvalue weighted by molar-refractivity contribution is 6.07. The zero-order valence-corrected chi connectivity index (χ0v) is 26.2. The Kier molecular flexibility index (Phi) is 6.10. The molecule has 0 saturated carbocycles. The van der Waals surface area contributed by atoms with Crippen LogP contribution < -0.4 is 0 Å². The first-order chi connectivity index (χ1) is 21.8. The van der Waals surface area contributed by atoms with Gasteiger partial charge in [-0.05, 0) is 101 Å². The Morgan fingerprint density at radius 1 is 0.556 bits per heavy atom. The van der Waals surface area contributed by atoms with Gasteiger partial charge in [0.15, 0.2) is 0 Å². The van der Waals surface area contributed by atoms with E-state index in [0.717, 1.165) is 61.2 Å². The molecule has 0 aliphatic carbocycles. The normalized spacial score (nSPS) is 12.3. The smallest absolute Gasteiger partial charge is 0.147 e. The SMILES string of the molecule is CC(C)c1ccc2c3cccnc3n(-c3ccc(-c4ccc(-n5c6ncccc6c6cccnc65)cc4C(C)(C)C)cc3)c2n1. The van der Waals surface area contributed by atoms with E-state index in [4.69, 9.17) is 19.9 Å². The van der Waals surface area contributed by atoms with Gasteiger partial charge in [0, 0.05) is 57.2 Å². The lowest BCUT2D eigenvalue weighted by Crippen LogP contribution is -2.14. The Morgan fingerprint density at radius 2 is 1.07 bits per heavy atom. The lowest BCUT2D eigenvalue weighted by molar-refractivity contribution is 0.591. The number of aromatic nitrogens is 6. The van der Waals surface area contributed by atoms with Crippen LogP contribution in [0.5, 0.6) is 0 Å². The highest BCUT2D eigenvalue weighted by atomic mass is 15.1. The summed E-state index contributed by atoms with van der Waals surface area (Å²) in [4.78, 5) is 19.4. The molecule has 8 rings (SSSR count). The molecule has 0 radical (unpaired) electrons. The van der Waals surface area contributed by atoms with Gasteiger partial charge < -0.3 is 0 Å². The second kappa shape index (κ2) is 10.1. The topological polar surface area (TPSA) is 61.4 Å². The number of rotatable bonds is 4. The molecule has 2 aromatic carbocycles. The molecule has 0 atom stereocenters. The summed E-state index contributed by atoms with van der Waals surface area (Å²) in [6, 6.07) is 32.2. The average molecular weight is 587 g/mol. The minimum atomic E-state index is -0.0997. The molecule has 6 heteroatoms. The first-order valence-electron chi connectivity index (χ1n) is 15.5. The molecular formula is C39H34N6. The molecule has 6 aromatic heterocycles. The zero-order chi connectivity index (χ0) is 30.9. The van der Waals surface area contributed by atoms with E-state index in [2.05, 4.69) is 117 Å². The fraction of sp³-hybridized carbons (Fsp3) is 0.179. The van der Waals surface area contributed by atoms with E-state index in [1.807, 2.05) is 36.8 Å². The molecule has 0 aliphatic heterocycles. The molecule has 45 heavy (non-hydrogen) atoms. The number of hydrogen-bond donors (Lipinski definition) is 0. The summed E-state index contributed by atoms with van der Waals surface area (Å²) in [5.74, 6) is 0.337. The van der Waals surface area contributed by atoms with Crippen molar-refractivity contribution in [3.63, 3.8) is 0 Å². The van der Waals surface area contributed by atoms with E-state index in [-0.39, 0.29) is 5.41 Å². The Labute approximate surface area is 262 Å². The quantitative estimate of drug-likeness (QED) is 0.206. The minimum absolute atomic E-state index is 0.0997. The van der Waals surface area contributed by atoms with E-state index in [9.17, 15) is 0 Å². The zero-order valence-electron chi connectivity index (χ0n) is 26.2. The second-order valence-electron chi connectivity index (χ2n) is 13.1. The van der Waals surface area contributed by atoms with Gasteiger partial charge in [0.05, 0.1) is 0 Å². The van der Waals surface area contributed by atoms with Crippen molar-refractivity contribution in [2.45, 2.75) is 46.0 Å². The number of benzene rings is 2. The first-order valence-corrected chi connectivity index (χ1v) is 15.5. The van der Waals surface area contributed by atoms with Crippen LogP contribution in [-0.4, -0.2) is 29.1 Å². The third-order valence-corrected chi connectivity index (χ3v) is 8.78. The molecule has 0 saturated heterocycles. The van der Waals surface area contributed by atoms with Gasteiger partial charge in [0.2, 0.25) is 0 Å². The van der Waals surface area contributed by atoms with Gasteiger partial charge in [-0.15, -0.1) is 0 Å². The van der Waals surface area contributed by atoms with Crippen molar-refractivity contribution in [1.82, 2.24) is 29.1 Å². The maximum absolute atomic E-state index is 5.10. The Morgan fingerprint density at radius 3 is 1.60 bits per heavy atom. The highest BCUT2D eigenvalue weighted by Crippen LogP contribution is 2.38. The molecule has 0 bridgehead atoms. The third kappa shape index (κ3) is 4.32. The van der Waals surface area contributed by atoms with E-state index in [0.29, 0.717) is 5.92 Å². The van der Waals surface area contributed by atoms with E-state index >= 15 is 0 Å². The molecule has 0 unspecified atom stereocenters. The summed E-state index contributed by atoms with van der Waals surface area (Å²) < 4.78 is 4.37. The molecule has 0 spiro atoms. The molecule has 0 N–H and O–H groups in total. The Balaban J connectivity index is 1.27. The van der Waals surface area contributed by atoms with Crippen LogP contribution in [0.15, 0.2) is 110 Å². The van der Waals surface area contributed by atoms with Crippen LogP contribution in [0.4, 0.5) is 0 Å². The Bertz CT molecular complexity index is 2330. The van der Waals surface area contributed by atoms with E-state index < -0.39 is 0 Å². The molecule has 0 amide bonds. The summed E-state index contributed by atoms with van der Waals surface area (Å²) in [6.45, 7) is 11.2. The highest BCUT2D eigenvalue weighted by Gasteiger charge is 2.22. The molecule has 6 heterocycles. The number of pyridine rings is 4. The summed E-state index contributed by atoms with van der Waals surface area (Å²) in [6.07, 6.45) is 5.56. The predicted octanol–water partition coefficient (Wildman–Crippen LogP) is 9.55. The lowest BCUT2D eigenvalue weighted by Gasteiger charge is -2.25. The van der Waals surface area contributed by atoms with Crippen LogP contribution in [0, 0.1) is 0 Å². The van der Waals surface area contributed by atoms with E-state index in [1.54, 1.807) is 0 Å². The average Bonchev–Trinajstić information content (AvgIpc) is 3.57. The molecule has 8 aromatic rings. The maximum atomic E-state index is 5.10. The van der Waals surface area contributed by atoms with Crippen molar-refractivity contribution in [2.24, 2.45) is 0 Å². The van der Waals surface area contributed by atoms with E-state index in [1.165, 1.54) is 16.7 Å². The fourth-order valence-corrected chi connectivity index (χ4v) is 6.54. The van der Waals surface area contributed by atoms with Crippen LogP contribution in [-0.2, 0) is 5.41 Å². The lowest BCUT2D eigenvalue weighted by atomic mass is 9.81. The van der Waals surface area contributed by atoms with Crippen LogP contribution in [0.2, 0.25) is 0 Å². The molecular weight excluding hydrogens is 552 g/mol. The van der Waals surface area contributed by atoms with Crippen molar-refractivity contribution in [3.05, 3.63) is 121 Å². The van der Waals surface area contributed by atoms with Gasteiger partial charge >= 0.3 is 0 Å². The van der Waals surface area contributed by atoms with Crippen molar-refractivity contribution in [3.8, 4) is 22.5 Å². The summed E-state index contributed by atoms with van der Waals surface area (Å²) in [5, 5.41) is 4.43. The molecule has 0 aliphatic rings. The fourth-order valence-electron chi connectivity index (χ4n) is 6.54. The molecule has 220 valence electrons. The number of hydrogen-bond acceptors (Lipinski definition) is 4. The third-order valence-electron chi connectivity index (χ3n) is 8.78. The van der Waals surface area contributed by atoms with Gasteiger partial charge in [-0.3, -0.25) is 9.13 Å². The van der Waals surface area contributed by atoms with Crippen LogP contribution in [0.3, 0.4) is 0 Å². The van der Waals surface area contributed by atoms with Crippen molar-refractivity contribution in [1.29, 1.82) is 0 Å². The van der Waals surface area contributed by atoms with Crippen molar-refractivity contribution < 1.29 is 0 Å². The second-order valence-corrected chi connectivity index (χ2v) is 13.1. The maximum Gasteiger partial charge on any atom is 0.147 e. The van der Waals surface area contributed by atoms with Crippen molar-refractivity contribution >= 4 is 44.1 Å². The Hall–Kier alpha value is -5.36. The van der Waals surface area contributed by atoms with Gasteiger partial charge in [-0.25, -0.2) is 19.9 Å². The van der Waals surface area contributed by atoms with Crippen LogP contribution >= 0.6 is 0 Å². The number of nitrogens with zero attached hydrogens (tertiary/aromatic N) is 6. The summed E-state index contributed by atoms with van der Waals surface area (Å²) in [7, 11) is 0. The molecule has 0 fully saturated rings. The van der Waals surface area contributed by atoms with Gasteiger partial charge in [0.1, 0.15) is 22.6 Å². The van der Waals surface area contributed by atoms with Crippen LogP contribution in [0.1, 0.15) is 51.8 Å². The van der Waals surface area contributed by atoms with Crippen LogP contribution in [0.25, 0.3) is 66.6 Å². The largest absolute Gasteiger partial charge is 0.278 e. The van der Waals surface area contributed by atoms with Gasteiger partial charge in [0.25, 0.3) is 0 Å². The first kappa shape index (κ1) is 27.2. The van der Waals surface area contributed by atoms with Crippen molar-refractivity contribution in [2.75, 3.05) is 0 Å². The predicted molar refractivity (Wildman–Crippen MR) is 185 cm³/mol.